The molecule has 0 fully saturated rings. The van der Waals surface area contributed by atoms with Gasteiger partial charge in [0.05, 0.1) is 12.5 Å². The lowest BCUT2D eigenvalue weighted by molar-refractivity contribution is -0.132. The number of hydroxylamine groups is 1. The van der Waals surface area contributed by atoms with E-state index in [1.54, 1.807) is 17.6 Å². The number of aryl methyl sites for hydroxylation is 1. The monoisotopic (exact) mass is 383 g/mol. The van der Waals surface area contributed by atoms with Gasteiger partial charge in [-0.05, 0) is 48.2 Å². The van der Waals surface area contributed by atoms with Crippen molar-refractivity contribution >= 4 is 17.5 Å². The van der Waals surface area contributed by atoms with Crippen LogP contribution in [0.25, 0.3) is 0 Å². The Morgan fingerprint density at radius 3 is 2.58 bits per heavy atom. The Morgan fingerprint density at radius 2 is 2.00 bits per heavy atom. The summed E-state index contributed by atoms with van der Waals surface area (Å²) < 4.78 is 33.1. The van der Waals surface area contributed by atoms with Crippen molar-refractivity contribution < 1.29 is 23.5 Å². The molecule has 0 spiro atoms. The van der Waals surface area contributed by atoms with E-state index in [4.69, 9.17) is 21.5 Å². The number of halogens is 3. The molecule has 0 aliphatic rings. The molecule has 7 heteroatoms. The van der Waals surface area contributed by atoms with Crippen LogP contribution in [0.2, 0.25) is 5.02 Å². The van der Waals surface area contributed by atoms with E-state index in [9.17, 15) is 13.6 Å². The zero-order valence-electron chi connectivity index (χ0n) is 14.4. The molecule has 2 aromatic carbocycles. The molecule has 0 saturated heterocycles. The maximum Gasteiger partial charge on any atom is 0.245 e. The van der Waals surface area contributed by atoms with Gasteiger partial charge in [0.25, 0.3) is 0 Å². The molecule has 0 aliphatic heterocycles. The van der Waals surface area contributed by atoms with Gasteiger partial charge >= 0.3 is 0 Å². The van der Waals surface area contributed by atoms with E-state index in [0.29, 0.717) is 11.4 Å². The molecule has 0 saturated carbocycles. The van der Waals surface area contributed by atoms with Gasteiger partial charge in [-0.3, -0.25) is 10.0 Å². The van der Waals surface area contributed by atoms with Crippen molar-refractivity contribution in [1.82, 2.24) is 5.48 Å². The number of hydrogen-bond acceptors (Lipinski definition) is 3. The van der Waals surface area contributed by atoms with Crippen molar-refractivity contribution in [2.75, 3.05) is 7.11 Å². The summed E-state index contributed by atoms with van der Waals surface area (Å²) >= 11 is 5.98. The molecule has 2 N–H and O–H groups in total. The Kier molecular flexibility index (Phi) is 7.08. The summed E-state index contributed by atoms with van der Waals surface area (Å²) in [5, 5.41) is 9.38. The smallest absolute Gasteiger partial charge is 0.245 e. The Labute approximate surface area is 155 Å². The Morgan fingerprint density at radius 1 is 1.27 bits per heavy atom. The molecular weight excluding hydrogens is 364 g/mol. The van der Waals surface area contributed by atoms with Gasteiger partial charge in [0.15, 0.2) is 0 Å². The van der Waals surface area contributed by atoms with E-state index >= 15 is 0 Å². The van der Waals surface area contributed by atoms with Gasteiger partial charge in [0, 0.05) is 24.1 Å². The van der Waals surface area contributed by atoms with Crippen LogP contribution >= 0.6 is 11.6 Å². The summed E-state index contributed by atoms with van der Waals surface area (Å²) in [6, 6.07) is 8.66. The normalized spacial score (nSPS) is 13.3. The molecule has 140 valence electrons. The number of benzene rings is 2. The first-order valence-corrected chi connectivity index (χ1v) is 8.39. The minimum atomic E-state index is -0.725. The molecule has 2 atom stereocenters. The van der Waals surface area contributed by atoms with Crippen LogP contribution in [0.4, 0.5) is 8.78 Å². The molecule has 2 aromatic rings. The second kappa shape index (κ2) is 9.07. The lowest BCUT2D eigenvalue weighted by Gasteiger charge is -2.27. The van der Waals surface area contributed by atoms with Crippen LogP contribution in [0.1, 0.15) is 29.0 Å². The minimum Gasteiger partial charge on any atom is -0.380 e. The van der Waals surface area contributed by atoms with Crippen molar-refractivity contribution in [3.8, 4) is 0 Å². The largest absolute Gasteiger partial charge is 0.380 e. The van der Waals surface area contributed by atoms with Gasteiger partial charge in [0.2, 0.25) is 5.91 Å². The second-order valence-electron chi connectivity index (χ2n) is 6.06. The standard InChI is InChI=1S/C19H20ClF2NO3/c1-11-7-13(20)4-3-12(11)8-16(18(26-2)10-19(24)23-25)15-6-5-14(21)9-17(15)22/h3-7,9,16,18,25H,8,10H2,1-2H3,(H,23,24)/t16-,18?/m1/s1. The predicted octanol–water partition coefficient (Wildman–Crippen LogP) is 4.16. The lowest BCUT2D eigenvalue weighted by atomic mass is 9.84. The maximum atomic E-state index is 14.4. The summed E-state index contributed by atoms with van der Waals surface area (Å²) in [6.45, 7) is 1.88. The number of carbonyl (C=O) groups is 1. The average molecular weight is 384 g/mol. The molecule has 0 aromatic heterocycles. The first kappa shape index (κ1) is 20.3. The van der Waals surface area contributed by atoms with E-state index in [1.807, 2.05) is 13.0 Å². The number of methoxy groups -OCH3 is 1. The van der Waals surface area contributed by atoms with Crippen LogP contribution in [0.15, 0.2) is 36.4 Å². The Bertz CT molecular complexity index is 785. The van der Waals surface area contributed by atoms with Gasteiger partial charge < -0.3 is 4.74 Å². The second-order valence-corrected chi connectivity index (χ2v) is 6.50. The van der Waals surface area contributed by atoms with Crippen molar-refractivity contribution in [2.45, 2.75) is 31.8 Å². The van der Waals surface area contributed by atoms with Crippen molar-refractivity contribution in [1.29, 1.82) is 0 Å². The van der Waals surface area contributed by atoms with E-state index in [-0.39, 0.29) is 12.0 Å². The summed E-state index contributed by atoms with van der Waals surface area (Å²) in [6.07, 6.45) is -0.554. The highest BCUT2D eigenvalue weighted by Gasteiger charge is 2.28. The third-order valence-electron chi connectivity index (χ3n) is 4.37. The van der Waals surface area contributed by atoms with Gasteiger partial charge in [-0.1, -0.05) is 23.7 Å². The SMILES string of the molecule is COC(CC(=O)NO)[C@H](Cc1ccc(Cl)cc1C)c1ccc(F)cc1F. The third kappa shape index (κ3) is 5.00. The molecule has 2 rings (SSSR count). The fraction of sp³-hybridized carbons (Fsp3) is 0.316. The summed E-state index contributed by atoms with van der Waals surface area (Å²) in [5.41, 5.74) is 3.59. The topological polar surface area (TPSA) is 58.6 Å². The number of carbonyl (C=O) groups excluding carboxylic acids is 1. The Balaban J connectivity index is 2.44. The number of ether oxygens (including phenoxy) is 1. The quantitative estimate of drug-likeness (QED) is 0.557. The van der Waals surface area contributed by atoms with Crippen LogP contribution in [0.3, 0.4) is 0 Å². The summed E-state index contributed by atoms with van der Waals surface area (Å²) in [7, 11) is 1.40. The van der Waals surface area contributed by atoms with Crippen molar-refractivity contribution in [3.05, 3.63) is 69.7 Å². The zero-order chi connectivity index (χ0) is 19.3. The number of amides is 1. The fourth-order valence-corrected chi connectivity index (χ4v) is 3.21. The fourth-order valence-electron chi connectivity index (χ4n) is 2.99. The first-order chi connectivity index (χ1) is 12.3. The van der Waals surface area contributed by atoms with E-state index in [1.165, 1.54) is 19.2 Å². The van der Waals surface area contributed by atoms with E-state index < -0.39 is 29.6 Å². The Hall–Kier alpha value is -2.02. The van der Waals surface area contributed by atoms with Crippen LogP contribution in [0.5, 0.6) is 0 Å². The van der Waals surface area contributed by atoms with Crippen molar-refractivity contribution in [3.63, 3.8) is 0 Å². The van der Waals surface area contributed by atoms with Crippen LogP contribution in [0, 0.1) is 18.6 Å². The van der Waals surface area contributed by atoms with E-state index in [0.717, 1.165) is 17.2 Å². The predicted molar refractivity (Wildman–Crippen MR) is 94.3 cm³/mol. The highest BCUT2D eigenvalue weighted by atomic mass is 35.5. The number of nitrogens with one attached hydrogen (secondary N) is 1. The molecular formula is C19H20ClF2NO3. The van der Waals surface area contributed by atoms with Crippen LogP contribution in [-0.2, 0) is 16.0 Å². The zero-order valence-corrected chi connectivity index (χ0v) is 15.2. The molecule has 0 bridgehead atoms. The highest BCUT2D eigenvalue weighted by molar-refractivity contribution is 6.30. The molecule has 4 nitrogen and oxygen atoms in total. The highest BCUT2D eigenvalue weighted by Crippen LogP contribution is 2.32. The number of hydrogen-bond donors (Lipinski definition) is 2. The van der Waals surface area contributed by atoms with Crippen LogP contribution in [-0.4, -0.2) is 24.3 Å². The third-order valence-corrected chi connectivity index (χ3v) is 4.60. The maximum absolute atomic E-state index is 14.4. The number of rotatable bonds is 7. The van der Waals surface area contributed by atoms with Crippen molar-refractivity contribution in [2.24, 2.45) is 0 Å². The van der Waals surface area contributed by atoms with Gasteiger partial charge in [-0.2, -0.15) is 0 Å². The van der Waals surface area contributed by atoms with Gasteiger partial charge in [-0.15, -0.1) is 0 Å². The summed E-state index contributed by atoms with van der Waals surface area (Å²) in [4.78, 5) is 11.6. The molecule has 0 heterocycles. The first-order valence-electron chi connectivity index (χ1n) is 8.01. The molecule has 26 heavy (non-hydrogen) atoms. The minimum absolute atomic E-state index is 0.179. The lowest BCUT2D eigenvalue weighted by Crippen LogP contribution is -2.31. The molecule has 1 amide bonds. The van der Waals surface area contributed by atoms with Gasteiger partial charge in [0.1, 0.15) is 11.6 Å². The van der Waals surface area contributed by atoms with E-state index in [2.05, 4.69) is 0 Å². The molecule has 0 aliphatic carbocycles. The van der Waals surface area contributed by atoms with Gasteiger partial charge in [-0.25, -0.2) is 14.3 Å². The molecule has 1 unspecified atom stereocenters. The van der Waals surface area contributed by atoms with Crippen LogP contribution < -0.4 is 5.48 Å². The summed E-state index contributed by atoms with van der Waals surface area (Å²) in [5.74, 6) is -2.63. The molecule has 0 radical (unpaired) electrons. The average Bonchev–Trinajstić information content (AvgIpc) is 2.60.